The summed E-state index contributed by atoms with van der Waals surface area (Å²) in [6.07, 6.45) is 2.45. The van der Waals surface area contributed by atoms with Crippen LogP contribution >= 0.6 is 0 Å². The van der Waals surface area contributed by atoms with E-state index in [0.717, 1.165) is 18.4 Å². The Morgan fingerprint density at radius 2 is 1.57 bits per heavy atom. The van der Waals surface area contributed by atoms with E-state index < -0.39 is 9.84 Å². The second kappa shape index (κ2) is 8.84. The fourth-order valence-corrected chi connectivity index (χ4v) is 5.66. The topological polar surface area (TPSA) is 63.2 Å². The first-order valence-corrected chi connectivity index (χ1v) is 12.0. The van der Waals surface area contributed by atoms with Crippen molar-refractivity contribution in [1.29, 1.82) is 0 Å². The minimum Gasteiger partial charge on any atom is -0.326 e. The van der Waals surface area contributed by atoms with Crippen LogP contribution in [0.15, 0.2) is 78.9 Å². The molecule has 0 saturated heterocycles. The average Bonchev–Trinajstić information content (AvgIpc) is 3.11. The van der Waals surface area contributed by atoms with Crippen molar-refractivity contribution in [2.45, 2.75) is 36.7 Å². The van der Waals surface area contributed by atoms with Crippen molar-refractivity contribution in [3.05, 3.63) is 101 Å². The molecule has 1 N–H and O–H groups in total. The van der Waals surface area contributed by atoms with Gasteiger partial charge in [-0.1, -0.05) is 66.7 Å². The first-order chi connectivity index (χ1) is 14.5. The number of benzene rings is 3. The normalized spacial score (nSPS) is 15.5. The van der Waals surface area contributed by atoms with Gasteiger partial charge in [-0.3, -0.25) is 4.79 Å². The number of hydrogen-bond acceptors (Lipinski definition) is 3. The lowest BCUT2D eigenvalue weighted by atomic mass is 9.97. The monoisotopic (exact) mass is 419 g/mol. The molecule has 3 aromatic rings. The van der Waals surface area contributed by atoms with Crippen LogP contribution in [-0.4, -0.2) is 14.3 Å². The Morgan fingerprint density at radius 1 is 0.867 bits per heavy atom. The number of rotatable bonds is 7. The Morgan fingerprint density at radius 3 is 2.40 bits per heavy atom. The fraction of sp³-hybridized carbons (Fsp3) is 0.240. The number of amides is 1. The van der Waals surface area contributed by atoms with Gasteiger partial charge >= 0.3 is 0 Å². The third kappa shape index (κ3) is 5.16. The summed E-state index contributed by atoms with van der Waals surface area (Å²) in [6.45, 7) is 0. The summed E-state index contributed by atoms with van der Waals surface area (Å²) < 4.78 is 25.1. The Kier molecular flexibility index (Phi) is 6.00. The largest absolute Gasteiger partial charge is 0.326 e. The van der Waals surface area contributed by atoms with Crippen LogP contribution in [0.1, 0.15) is 41.0 Å². The first-order valence-electron chi connectivity index (χ1n) is 10.2. The van der Waals surface area contributed by atoms with Gasteiger partial charge < -0.3 is 5.32 Å². The van der Waals surface area contributed by atoms with Crippen LogP contribution in [0.5, 0.6) is 0 Å². The number of hydrogen-bond donors (Lipinski definition) is 1. The molecule has 0 aromatic heterocycles. The summed E-state index contributed by atoms with van der Waals surface area (Å²) in [6, 6.07) is 24.6. The summed E-state index contributed by atoms with van der Waals surface area (Å²) in [5.41, 5.74) is 4.70. The van der Waals surface area contributed by atoms with Crippen molar-refractivity contribution < 1.29 is 13.2 Å². The van der Waals surface area contributed by atoms with E-state index in [0.29, 0.717) is 17.7 Å². The van der Waals surface area contributed by atoms with Gasteiger partial charge in [0.25, 0.3) is 0 Å². The van der Waals surface area contributed by atoms with Gasteiger partial charge in [-0.05, 0) is 53.1 Å². The van der Waals surface area contributed by atoms with E-state index >= 15 is 0 Å². The molecule has 5 heteroatoms. The van der Waals surface area contributed by atoms with Gasteiger partial charge in [0.05, 0.1) is 11.5 Å². The van der Waals surface area contributed by atoms with Crippen LogP contribution in [0.3, 0.4) is 0 Å². The van der Waals surface area contributed by atoms with Crippen molar-refractivity contribution in [2.24, 2.45) is 0 Å². The summed E-state index contributed by atoms with van der Waals surface area (Å²) in [5, 5.41) is 2.94. The number of carbonyl (C=O) groups excluding carboxylic acids is 1. The molecular weight excluding hydrogens is 394 g/mol. The molecule has 0 radical (unpaired) electrons. The highest BCUT2D eigenvalue weighted by atomic mass is 32.2. The second-order valence-electron chi connectivity index (χ2n) is 7.90. The van der Waals surface area contributed by atoms with Crippen molar-refractivity contribution in [1.82, 2.24) is 0 Å². The van der Waals surface area contributed by atoms with E-state index in [1.54, 1.807) is 24.3 Å². The molecule has 0 aliphatic heterocycles. The third-order valence-electron chi connectivity index (χ3n) is 5.52. The molecule has 154 valence electrons. The molecule has 4 rings (SSSR count). The lowest BCUT2D eigenvalue weighted by Crippen LogP contribution is -2.15. The average molecular weight is 420 g/mol. The van der Waals surface area contributed by atoms with E-state index in [1.807, 2.05) is 42.5 Å². The smallest absolute Gasteiger partial charge is 0.224 e. The molecule has 1 unspecified atom stereocenters. The van der Waals surface area contributed by atoms with Crippen LogP contribution < -0.4 is 5.32 Å². The van der Waals surface area contributed by atoms with E-state index in [1.165, 1.54) is 11.1 Å². The molecular formula is C25H25NO3S. The number of anilines is 1. The zero-order valence-electron chi connectivity index (χ0n) is 16.8. The third-order valence-corrected chi connectivity index (χ3v) is 7.06. The maximum atomic E-state index is 12.6. The highest BCUT2D eigenvalue weighted by Gasteiger charge is 2.24. The molecule has 4 nitrogen and oxygen atoms in total. The second-order valence-corrected chi connectivity index (χ2v) is 9.97. The van der Waals surface area contributed by atoms with E-state index in [2.05, 4.69) is 17.4 Å². The molecule has 1 amide bonds. The molecule has 1 atom stereocenters. The predicted molar refractivity (Wildman–Crippen MR) is 120 cm³/mol. The van der Waals surface area contributed by atoms with Crippen LogP contribution in [0.4, 0.5) is 5.69 Å². The fourth-order valence-electron chi connectivity index (χ4n) is 4.17. The highest BCUT2D eigenvalue weighted by Crippen LogP contribution is 2.35. The first kappa shape index (κ1) is 20.4. The Bertz CT molecular complexity index is 1140. The molecule has 3 aromatic carbocycles. The number of fused-ring (bicyclic) bond motifs is 1. The lowest BCUT2D eigenvalue weighted by Gasteiger charge is -2.12. The lowest BCUT2D eigenvalue weighted by molar-refractivity contribution is -0.116. The summed E-state index contributed by atoms with van der Waals surface area (Å²) in [5.74, 6) is 0.157. The molecule has 1 aliphatic carbocycles. The van der Waals surface area contributed by atoms with Crippen LogP contribution in [0, 0.1) is 0 Å². The Hall–Kier alpha value is -2.92. The molecule has 30 heavy (non-hydrogen) atoms. The summed E-state index contributed by atoms with van der Waals surface area (Å²) in [7, 11) is -3.30. The van der Waals surface area contributed by atoms with E-state index in [9.17, 15) is 13.2 Å². The van der Waals surface area contributed by atoms with Gasteiger partial charge in [-0.15, -0.1) is 0 Å². The van der Waals surface area contributed by atoms with Gasteiger partial charge in [-0.2, -0.15) is 0 Å². The standard InChI is InChI=1S/C25H25NO3S/c27-25(16-22-14-13-21-10-4-5-12-24(21)22)26-23-11-6-9-20(15-23)18-30(28,29)17-19-7-2-1-3-8-19/h1-12,15,22H,13-14,16-18H2,(H,26,27). The minimum absolute atomic E-state index is 0.00547. The number of nitrogens with one attached hydrogen (secondary N) is 1. The van der Waals surface area contributed by atoms with Gasteiger partial charge in [0.1, 0.15) is 0 Å². The number of sulfone groups is 1. The molecule has 1 aliphatic rings. The van der Waals surface area contributed by atoms with Crippen molar-refractivity contribution >= 4 is 21.4 Å². The molecule has 0 saturated carbocycles. The zero-order chi connectivity index (χ0) is 21.0. The maximum absolute atomic E-state index is 12.6. The zero-order valence-corrected chi connectivity index (χ0v) is 17.6. The van der Waals surface area contributed by atoms with Crippen LogP contribution in [-0.2, 0) is 32.6 Å². The minimum atomic E-state index is -3.30. The van der Waals surface area contributed by atoms with Crippen molar-refractivity contribution in [3.63, 3.8) is 0 Å². The SMILES string of the molecule is O=C(CC1CCc2ccccc21)Nc1cccc(CS(=O)(=O)Cc2ccccc2)c1. The van der Waals surface area contributed by atoms with Crippen molar-refractivity contribution in [2.75, 3.05) is 5.32 Å². The molecule has 0 bridgehead atoms. The maximum Gasteiger partial charge on any atom is 0.224 e. The highest BCUT2D eigenvalue weighted by molar-refractivity contribution is 7.89. The van der Waals surface area contributed by atoms with Crippen LogP contribution in [0.2, 0.25) is 0 Å². The van der Waals surface area contributed by atoms with Gasteiger partial charge in [0.15, 0.2) is 9.84 Å². The molecule has 0 spiro atoms. The van der Waals surface area contributed by atoms with E-state index in [-0.39, 0.29) is 23.3 Å². The molecule has 0 fully saturated rings. The number of aryl methyl sites for hydroxylation is 1. The number of carbonyl (C=O) groups is 1. The van der Waals surface area contributed by atoms with Gasteiger partial charge in [0.2, 0.25) is 5.91 Å². The van der Waals surface area contributed by atoms with Crippen molar-refractivity contribution in [3.8, 4) is 0 Å². The molecule has 0 heterocycles. The summed E-state index contributed by atoms with van der Waals surface area (Å²) >= 11 is 0. The van der Waals surface area contributed by atoms with Gasteiger partial charge in [-0.25, -0.2) is 8.42 Å². The quantitative estimate of drug-likeness (QED) is 0.595. The Balaban J connectivity index is 1.38. The summed E-state index contributed by atoms with van der Waals surface area (Å²) in [4.78, 5) is 12.6. The van der Waals surface area contributed by atoms with Gasteiger partial charge in [0, 0.05) is 12.1 Å². The Labute approximate surface area is 177 Å². The predicted octanol–water partition coefficient (Wildman–Crippen LogP) is 4.86. The van der Waals surface area contributed by atoms with E-state index in [4.69, 9.17) is 0 Å². The van der Waals surface area contributed by atoms with Crippen LogP contribution in [0.25, 0.3) is 0 Å².